The van der Waals surface area contributed by atoms with Crippen LogP contribution in [0.3, 0.4) is 0 Å². The van der Waals surface area contributed by atoms with Gasteiger partial charge >= 0.3 is 0 Å². The monoisotopic (exact) mass is 435 g/mol. The van der Waals surface area contributed by atoms with Gasteiger partial charge in [-0.1, -0.05) is 45.0 Å². The number of phenolic OH excluding ortho intramolecular Hbond substituents is 1. The van der Waals surface area contributed by atoms with E-state index in [0.717, 1.165) is 27.6 Å². The van der Waals surface area contributed by atoms with Crippen LogP contribution < -0.4 is 11.5 Å². The second-order valence-corrected chi connectivity index (χ2v) is 9.05. The van der Waals surface area contributed by atoms with Gasteiger partial charge in [0.1, 0.15) is 5.75 Å². The Morgan fingerprint density at radius 3 is 2.16 bits per heavy atom. The normalized spacial score (nSPS) is 14.4. The lowest BCUT2D eigenvalue weighted by Gasteiger charge is -2.17. The summed E-state index contributed by atoms with van der Waals surface area (Å²) in [4.78, 5) is 28.2. The van der Waals surface area contributed by atoms with E-state index in [1.165, 1.54) is 0 Å². The number of benzene rings is 2. The summed E-state index contributed by atoms with van der Waals surface area (Å²) in [5.74, 6) is -0.0267. The molecule has 0 radical (unpaired) electrons. The number of H-pyrrole nitrogens is 1. The Hall–Kier alpha value is -2.96. The second-order valence-electron chi connectivity index (χ2n) is 9.05. The Kier molecular flexibility index (Phi) is 7.48. The van der Waals surface area contributed by atoms with Crippen molar-refractivity contribution in [3.8, 4) is 5.75 Å². The van der Waals surface area contributed by atoms with E-state index in [-0.39, 0.29) is 29.2 Å². The summed E-state index contributed by atoms with van der Waals surface area (Å²) < 4.78 is 0. The number of aromatic hydroxyl groups is 1. The lowest BCUT2D eigenvalue weighted by atomic mass is 9.90. The van der Waals surface area contributed by atoms with E-state index in [4.69, 9.17) is 11.5 Å². The van der Waals surface area contributed by atoms with Gasteiger partial charge in [0.05, 0.1) is 12.1 Å². The van der Waals surface area contributed by atoms with Crippen molar-refractivity contribution in [3.63, 3.8) is 0 Å². The van der Waals surface area contributed by atoms with E-state index in [1.807, 2.05) is 45.2 Å². The molecule has 0 aliphatic carbocycles. The van der Waals surface area contributed by atoms with E-state index in [2.05, 4.69) is 4.98 Å². The number of fused-ring (bicyclic) bond motifs is 1. The van der Waals surface area contributed by atoms with Gasteiger partial charge in [0.15, 0.2) is 11.6 Å². The molecule has 3 aromatic rings. The number of carbonyl (C=O) groups excluding carboxylic acids is 2. The predicted octanol–water partition coefficient (Wildman–Crippen LogP) is 3.29. The lowest BCUT2D eigenvalue weighted by Crippen LogP contribution is -2.37. The third kappa shape index (κ3) is 5.64. The minimum Gasteiger partial charge on any atom is -0.508 e. The Balaban J connectivity index is 1.64. The zero-order chi connectivity index (χ0) is 23.4. The molecule has 6 N–H and O–H groups in total. The molecule has 0 fully saturated rings. The number of Topliss-reactive ketones (excluding diaryl/α,β-unsaturated/α-hetero) is 2. The average molecular weight is 436 g/mol. The number of rotatable bonds is 10. The third-order valence-corrected chi connectivity index (χ3v) is 5.99. The van der Waals surface area contributed by atoms with Crippen LogP contribution in [0.5, 0.6) is 5.75 Å². The van der Waals surface area contributed by atoms with Crippen LogP contribution in [0.2, 0.25) is 0 Å². The standard InChI is InChI=1S/C26H33N3O3/c1-15(2)25(31)23(28)13-19-14-29-24-12-18(6-9-21(19)24)10-16(3)26(32)22(27)11-17-4-7-20(30)8-5-17/h4-9,12,14-16,22-23,29-30H,10-11,13,27-28H2,1-3H3/t16?,22-,23-/m1/s1. The molecule has 3 atom stereocenters. The molecule has 32 heavy (non-hydrogen) atoms. The second kappa shape index (κ2) is 10.1. The molecule has 0 aliphatic heterocycles. The molecular formula is C26H33N3O3. The van der Waals surface area contributed by atoms with Crippen molar-refractivity contribution < 1.29 is 14.7 Å². The average Bonchev–Trinajstić information content (AvgIpc) is 3.15. The molecule has 0 saturated heterocycles. The molecule has 0 spiro atoms. The van der Waals surface area contributed by atoms with Gasteiger partial charge in [-0.3, -0.25) is 9.59 Å². The lowest BCUT2D eigenvalue weighted by molar-refractivity contribution is -0.124. The van der Waals surface area contributed by atoms with Crippen molar-refractivity contribution >= 4 is 22.5 Å². The topological polar surface area (TPSA) is 122 Å². The Morgan fingerprint density at radius 1 is 0.875 bits per heavy atom. The Morgan fingerprint density at radius 2 is 1.50 bits per heavy atom. The minimum absolute atomic E-state index is 0.0171. The highest BCUT2D eigenvalue weighted by Crippen LogP contribution is 2.23. The SMILES string of the molecule is CC(C)C(=O)[C@H](N)Cc1c[nH]c2cc(CC(C)C(=O)[C@H](N)Cc3ccc(O)cc3)ccc12. The van der Waals surface area contributed by atoms with Gasteiger partial charge in [-0.15, -0.1) is 0 Å². The van der Waals surface area contributed by atoms with Crippen LogP contribution in [0.25, 0.3) is 10.9 Å². The molecule has 6 nitrogen and oxygen atoms in total. The molecule has 0 bridgehead atoms. The van der Waals surface area contributed by atoms with Gasteiger partial charge in [0.2, 0.25) is 0 Å². The Bertz CT molecular complexity index is 1090. The maximum Gasteiger partial charge on any atom is 0.152 e. The first-order valence-electron chi connectivity index (χ1n) is 11.1. The molecule has 3 rings (SSSR count). The summed E-state index contributed by atoms with van der Waals surface area (Å²) in [6, 6.07) is 11.8. The zero-order valence-electron chi connectivity index (χ0n) is 19.0. The van der Waals surface area contributed by atoms with E-state index in [9.17, 15) is 14.7 Å². The molecule has 2 aromatic carbocycles. The Labute approximate surface area is 189 Å². The van der Waals surface area contributed by atoms with Crippen LogP contribution >= 0.6 is 0 Å². The summed E-state index contributed by atoms with van der Waals surface area (Å²) in [6.07, 6.45) is 3.44. The first-order chi connectivity index (χ1) is 15.2. The number of phenols is 1. The fraction of sp³-hybridized carbons (Fsp3) is 0.385. The van der Waals surface area contributed by atoms with Gasteiger partial charge in [-0.05, 0) is 54.2 Å². The van der Waals surface area contributed by atoms with Gasteiger partial charge in [0.25, 0.3) is 0 Å². The summed E-state index contributed by atoms with van der Waals surface area (Å²) in [5, 5.41) is 10.4. The summed E-state index contributed by atoms with van der Waals surface area (Å²) in [7, 11) is 0. The van der Waals surface area contributed by atoms with Crippen molar-refractivity contribution in [1.29, 1.82) is 0 Å². The smallest absolute Gasteiger partial charge is 0.152 e. The molecule has 0 saturated carbocycles. The van der Waals surface area contributed by atoms with E-state index < -0.39 is 12.1 Å². The number of hydrogen-bond donors (Lipinski definition) is 4. The molecule has 1 unspecified atom stereocenters. The minimum atomic E-state index is -0.588. The van der Waals surface area contributed by atoms with E-state index in [0.29, 0.717) is 19.3 Å². The molecule has 6 heteroatoms. The highest BCUT2D eigenvalue weighted by molar-refractivity contribution is 5.89. The molecule has 0 aliphatic rings. The number of nitrogens with two attached hydrogens (primary N) is 2. The van der Waals surface area contributed by atoms with Crippen LogP contribution in [0.1, 0.15) is 37.5 Å². The number of ketones is 2. The molecular weight excluding hydrogens is 402 g/mol. The van der Waals surface area contributed by atoms with Crippen molar-refractivity contribution in [3.05, 3.63) is 65.4 Å². The number of carbonyl (C=O) groups is 2. The summed E-state index contributed by atoms with van der Waals surface area (Å²) >= 11 is 0. The van der Waals surface area contributed by atoms with Crippen LogP contribution in [0.4, 0.5) is 0 Å². The summed E-state index contributed by atoms with van der Waals surface area (Å²) in [6.45, 7) is 5.63. The fourth-order valence-corrected chi connectivity index (χ4v) is 4.10. The summed E-state index contributed by atoms with van der Waals surface area (Å²) in [5.41, 5.74) is 16.2. The first kappa shape index (κ1) is 23.7. The van der Waals surface area contributed by atoms with Gasteiger partial charge in [-0.25, -0.2) is 0 Å². The van der Waals surface area contributed by atoms with E-state index >= 15 is 0 Å². The zero-order valence-corrected chi connectivity index (χ0v) is 19.0. The van der Waals surface area contributed by atoms with Crippen LogP contribution in [0, 0.1) is 11.8 Å². The highest BCUT2D eigenvalue weighted by atomic mass is 16.3. The molecule has 170 valence electrons. The largest absolute Gasteiger partial charge is 0.508 e. The predicted molar refractivity (Wildman–Crippen MR) is 127 cm³/mol. The number of nitrogens with one attached hydrogen (secondary N) is 1. The maximum atomic E-state index is 12.8. The van der Waals surface area contributed by atoms with Crippen LogP contribution in [-0.4, -0.2) is 33.7 Å². The van der Waals surface area contributed by atoms with Gasteiger partial charge in [0, 0.05) is 28.9 Å². The van der Waals surface area contributed by atoms with Gasteiger partial charge in [-0.2, -0.15) is 0 Å². The fourth-order valence-electron chi connectivity index (χ4n) is 4.10. The number of hydrogen-bond acceptors (Lipinski definition) is 5. The quantitative estimate of drug-likeness (QED) is 0.389. The molecule has 1 aromatic heterocycles. The maximum absolute atomic E-state index is 12.8. The van der Waals surface area contributed by atoms with Crippen molar-refractivity contribution in [2.24, 2.45) is 23.3 Å². The van der Waals surface area contributed by atoms with Crippen molar-refractivity contribution in [2.75, 3.05) is 0 Å². The molecule has 1 heterocycles. The highest BCUT2D eigenvalue weighted by Gasteiger charge is 2.22. The first-order valence-corrected chi connectivity index (χ1v) is 11.1. The van der Waals surface area contributed by atoms with Gasteiger partial charge < -0.3 is 21.6 Å². The molecule has 0 amide bonds. The van der Waals surface area contributed by atoms with Crippen LogP contribution in [-0.2, 0) is 28.9 Å². The number of aromatic amines is 1. The van der Waals surface area contributed by atoms with Crippen LogP contribution in [0.15, 0.2) is 48.7 Å². The van der Waals surface area contributed by atoms with E-state index in [1.54, 1.807) is 24.3 Å². The third-order valence-electron chi connectivity index (χ3n) is 5.99. The number of aromatic nitrogens is 1. The van der Waals surface area contributed by atoms with Crippen molar-refractivity contribution in [1.82, 2.24) is 4.98 Å². The van der Waals surface area contributed by atoms with Crippen molar-refractivity contribution in [2.45, 2.75) is 52.1 Å².